The Balaban J connectivity index is 1.87. The summed E-state index contributed by atoms with van der Waals surface area (Å²) in [5.74, 6) is 0.825. The Hall–Kier alpha value is -2.22. The lowest BCUT2D eigenvalue weighted by atomic mass is 10.1. The van der Waals surface area contributed by atoms with Crippen molar-refractivity contribution in [2.45, 2.75) is 0 Å². The number of ether oxygens (including phenoxy) is 1. The zero-order chi connectivity index (χ0) is 17.4. The molecule has 1 aromatic carbocycles. The number of hydrogen-bond acceptors (Lipinski definition) is 7. The largest absolute Gasteiger partial charge is 0.378 e. The highest BCUT2D eigenvalue weighted by Gasteiger charge is 2.19. The van der Waals surface area contributed by atoms with Crippen LogP contribution in [0, 0.1) is 0 Å². The van der Waals surface area contributed by atoms with E-state index in [0.29, 0.717) is 59.0 Å². The molecule has 2 N–H and O–H groups in total. The first-order valence-electron chi connectivity index (χ1n) is 7.70. The molecule has 1 aliphatic heterocycles. The van der Waals surface area contributed by atoms with Crippen molar-refractivity contribution in [1.82, 2.24) is 19.9 Å². The van der Waals surface area contributed by atoms with E-state index < -0.39 is 0 Å². The second-order valence-corrected chi connectivity index (χ2v) is 6.40. The number of hydrogen-bond donors (Lipinski definition) is 1. The lowest BCUT2D eigenvalue weighted by molar-refractivity contribution is 0.122. The Labute approximate surface area is 153 Å². The van der Waals surface area contributed by atoms with Crippen molar-refractivity contribution < 1.29 is 4.74 Å². The van der Waals surface area contributed by atoms with E-state index in [1.807, 2.05) is 6.07 Å². The van der Waals surface area contributed by atoms with Crippen LogP contribution in [0.25, 0.3) is 22.4 Å². The van der Waals surface area contributed by atoms with Crippen LogP contribution in [-0.4, -0.2) is 46.2 Å². The van der Waals surface area contributed by atoms with Crippen LogP contribution < -0.4 is 10.6 Å². The highest BCUT2D eigenvalue weighted by atomic mass is 35.5. The summed E-state index contributed by atoms with van der Waals surface area (Å²) in [4.78, 5) is 19.7. The molecule has 0 atom stereocenters. The fraction of sp³-hybridized carbons (Fsp3) is 0.250. The predicted octanol–water partition coefficient (Wildman–Crippen LogP) is 2.81. The monoisotopic (exact) mass is 376 g/mol. The smallest absolute Gasteiger partial charge is 0.224 e. The van der Waals surface area contributed by atoms with Crippen molar-refractivity contribution in [2.75, 3.05) is 36.9 Å². The number of aromatic nitrogens is 4. The molecule has 1 fully saturated rings. The van der Waals surface area contributed by atoms with Crippen molar-refractivity contribution in [3.05, 3.63) is 34.4 Å². The average molecular weight is 377 g/mol. The van der Waals surface area contributed by atoms with Crippen LogP contribution in [0.5, 0.6) is 0 Å². The maximum atomic E-state index is 6.30. The van der Waals surface area contributed by atoms with Crippen LogP contribution in [0.2, 0.25) is 10.0 Å². The fourth-order valence-corrected chi connectivity index (χ4v) is 3.24. The summed E-state index contributed by atoms with van der Waals surface area (Å²) in [5.41, 5.74) is 8.23. The first-order valence-corrected chi connectivity index (χ1v) is 8.46. The zero-order valence-electron chi connectivity index (χ0n) is 13.1. The van der Waals surface area contributed by atoms with E-state index in [1.54, 1.807) is 18.3 Å². The number of benzene rings is 1. The van der Waals surface area contributed by atoms with Crippen LogP contribution in [0.3, 0.4) is 0 Å². The number of fused-ring (bicyclic) bond motifs is 1. The number of halogens is 2. The van der Waals surface area contributed by atoms with Crippen molar-refractivity contribution >= 4 is 46.1 Å². The van der Waals surface area contributed by atoms with Gasteiger partial charge < -0.3 is 15.4 Å². The molecule has 2 aromatic heterocycles. The van der Waals surface area contributed by atoms with Gasteiger partial charge in [-0.05, 0) is 18.2 Å². The summed E-state index contributed by atoms with van der Waals surface area (Å²) >= 11 is 12.3. The van der Waals surface area contributed by atoms with Gasteiger partial charge in [-0.15, -0.1) is 0 Å². The normalized spacial score (nSPS) is 14.9. The van der Waals surface area contributed by atoms with E-state index >= 15 is 0 Å². The van der Waals surface area contributed by atoms with Crippen LogP contribution in [0.1, 0.15) is 0 Å². The quantitative estimate of drug-likeness (QED) is 0.734. The van der Waals surface area contributed by atoms with Gasteiger partial charge in [-0.3, -0.25) is 0 Å². The van der Waals surface area contributed by atoms with Gasteiger partial charge in [0.25, 0.3) is 0 Å². The maximum absolute atomic E-state index is 6.30. The summed E-state index contributed by atoms with van der Waals surface area (Å²) in [6.45, 7) is 2.67. The van der Waals surface area contributed by atoms with Gasteiger partial charge in [-0.1, -0.05) is 23.2 Å². The van der Waals surface area contributed by atoms with Crippen molar-refractivity contribution in [2.24, 2.45) is 0 Å². The third kappa shape index (κ3) is 3.18. The van der Waals surface area contributed by atoms with E-state index in [-0.39, 0.29) is 5.95 Å². The second-order valence-electron chi connectivity index (χ2n) is 5.56. The summed E-state index contributed by atoms with van der Waals surface area (Å²) < 4.78 is 5.40. The minimum absolute atomic E-state index is 0.167. The molecular formula is C16H14Cl2N6O. The Kier molecular flexibility index (Phi) is 4.29. The summed E-state index contributed by atoms with van der Waals surface area (Å²) in [6.07, 6.45) is 1.62. The van der Waals surface area contributed by atoms with Gasteiger partial charge in [-0.2, -0.15) is 9.97 Å². The topological polar surface area (TPSA) is 90.0 Å². The van der Waals surface area contributed by atoms with Gasteiger partial charge in [0.1, 0.15) is 0 Å². The zero-order valence-corrected chi connectivity index (χ0v) is 14.6. The molecule has 128 valence electrons. The number of nitrogens with two attached hydrogens (primary N) is 1. The number of morpholine rings is 1. The molecular weight excluding hydrogens is 363 g/mol. The summed E-state index contributed by atoms with van der Waals surface area (Å²) in [6, 6.07) is 5.25. The Morgan fingerprint density at radius 3 is 2.64 bits per heavy atom. The van der Waals surface area contributed by atoms with Crippen LogP contribution in [0.15, 0.2) is 24.4 Å². The molecule has 3 heterocycles. The third-order valence-electron chi connectivity index (χ3n) is 3.92. The summed E-state index contributed by atoms with van der Waals surface area (Å²) in [7, 11) is 0. The molecule has 0 amide bonds. The average Bonchev–Trinajstić information content (AvgIpc) is 2.61. The Bertz CT molecular complexity index is 945. The lowest BCUT2D eigenvalue weighted by Gasteiger charge is -2.28. The SMILES string of the molecule is Nc1nc(N2CCOCC2)c2nc(-c3ccc(Cl)cc3Cl)cnc2n1. The van der Waals surface area contributed by atoms with E-state index in [2.05, 4.69) is 19.9 Å². The number of anilines is 2. The lowest BCUT2D eigenvalue weighted by Crippen LogP contribution is -2.37. The van der Waals surface area contributed by atoms with Crippen molar-refractivity contribution in [3.8, 4) is 11.3 Å². The molecule has 9 heteroatoms. The molecule has 4 rings (SSSR count). The molecule has 0 bridgehead atoms. The van der Waals surface area contributed by atoms with Gasteiger partial charge in [0.05, 0.1) is 30.1 Å². The molecule has 1 saturated heterocycles. The maximum Gasteiger partial charge on any atom is 0.224 e. The molecule has 0 saturated carbocycles. The number of rotatable bonds is 2. The minimum Gasteiger partial charge on any atom is -0.378 e. The van der Waals surface area contributed by atoms with Crippen LogP contribution in [0.4, 0.5) is 11.8 Å². The van der Waals surface area contributed by atoms with Gasteiger partial charge in [-0.25, -0.2) is 9.97 Å². The Morgan fingerprint density at radius 2 is 1.88 bits per heavy atom. The standard InChI is InChI=1S/C16H14Cl2N6O/c17-9-1-2-10(11(18)7-9)12-8-20-14-13(21-12)15(23-16(19)22-14)24-3-5-25-6-4-24/h1-2,7-8H,3-6H2,(H2,19,20,22,23). The van der Waals surface area contributed by atoms with Gasteiger partial charge in [0.15, 0.2) is 17.0 Å². The molecule has 0 aliphatic carbocycles. The van der Waals surface area contributed by atoms with Crippen LogP contribution >= 0.6 is 23.2 Å². The third-order valence-corrected chi connectivity index (χ3v) is 4.47. The number of nitrogens with zero attached hydrogens (tertiary/aromatic N) is 5. The molecule has 1 aliphatic rings. The van der Waals surface area contributed by atoms with E-state index in [1.165, 1.54) is 0 Å². The fourth-order valence-electron chi connectivity index (χ4n) is 2.73. The predicted molar refractivity (Wildman–Crippen MR) is 98.0 cm³/mol. The molecule has 0 radical (unpaired) electrons. The molecule has 0 spiro atoms. The molecule has 7 nitrogen and oxygen atoms in total. The summed E-state index contributed by atoms with van der Waals surface area (Å²) in [5, 5.41) is 1.07. The Morgan fingerprint density at radius 1 is 1.08 bits per heavy atom. The highest BCUT2D eigenvalue weighted by molar-refractivity contribution is 6.36. The van der Waals surface area contributed by atoms with Crippen molar-refractivity contribution in [3.63, 3.8) is 0 Å². The first kappa shape index (κ1) is 16.3. The number of nitrogen functional groups attached to an aromatic ring is 1. The van der Waals surface area contributed by atoms with E-state index in [4.69, 9.17) is 38.7 Å². The van der Waals surface area contributed by atoms with Gasteiger partial charge in [0.2, 0.25) is 5.95 Å². The second kappa shape index (κ2) is 6.59. The van der Waals surface area contributed by atoms with Gasteiger partial charge in [0, 0.05) is 23.7 Å². The van der Waals surface area contributed by atoms with E-state index in [0.717, 1.165) is 5.56 Å². The minimum atomic E-state index is 0.167. The molecule has 3 aromatic rings. The van der Waals surface area contributed by atoms with Crippen molar-refractivity contribution in [1.29, 1.82) is 0 Å². The van der Waals surface area contributed by atoms with E-state index in [9.17, 15) is 0 Å². The highest BCUT2D eigenvalue weighted by Crippen LogP contribution is 2.31. The van der Waals surface area contributed by atoms with Gasteiger partial charge >= 0.3 is 0 Å². The van der Waals surface area contributed by atoms with Crippen LogP contribution in [-0.2, 0) is 4.74 Å². The molecule has 0 unspecified atom stereocenters. The molecule has 25 heavy (non-hydrogen) atoms. The first-order chi connectivity index (χ1) is 12.1.